The highest BCUT2D eigenvalue weighted by atomic mass is 35.5. The van der Waals surface area contributed by atoms with E-state index in [0.717, 1.165) is 55.3 Å². The second-order valence-electron chi connectivity index (χ2n) is 8.04. The lowest BCUT2D eigenvalue weighted by atomic mass is 9.78. The first kappa shape index (κ1) is 22.8. The van der Waals surface area contributed by atoms with Gasteiger partial charge in [-0.1, -0.05) is 41.9 Å². The molecule has 0 fully saturated rings. The Morgan fingerprint density at radius 3 is 2.67 bits per heavy atom. The Kier molecular flexibility index (Phi) is 7.93. The van der Waals surface area contributed by atoms with Gasteiger partial charge >= 0.3 is 0 Å². The number of ketones is 1. The topological polar surface area (TPSA) is 58.2 Å². The molecule has 160 valence electrons. The summed E-state index contributed by atoms with van der Waals surface area (Å²) in [6.45, 7) is 1.64. The van der Waals surface area contributed by atoms with Crippen LogP contribution in [0.2, 0.25) is 5.02 Å². The molecule has 6 heteroatoms. The predicted molar refractivity (Wildman–Crippen MR) is 124 cm³/mol. The van der Waals surface area contributed by atoms with Crippen molar-refractivity contribution in [1.29, 1.82) is 0 Å². The molecule has 2 N–H and O–H groups in total. The zero-order valence-corrected chi connectivity index (χ0v) is 18.6. The number of carbonyl (C=O) groups excluding carboxylic acids is 2. The molecule has 0 saturated heterocycles. The van der Waals surface area contributed by atoms with E-state index in [4.69, 9.17) is 11.6 Å². The van der Waals surface area contributed by atoms with Crippen molar-refractivity contribution in [2.45, 2.75) is 44.9 Å². The van der Waals surface area contributed by atoms with Gasteiger partial charge in [0.15, 0.2) is 5.78 Å². The Labute approximate surface area is 189 Å². The number of fused-ring (bicyclic) bond motifs is 3. The molecule has 1 unspecified atom stereocenters. The average Bonchev–Trinajstić information content (AvgIpc) is 2.73. The number of rotatable bonds is 7. The van der Waals surface area contributed by atoms with Crippen LogP contribution in [-0.4, -0.2) is 24.8 Å². The maximum Gasteiger partial charge on any atom is 0.224 e. The highest BCUT2D eigenvalue weighted by molar-refractivity contribution is 6.34. The van der Waals surface area contributed by atoms with Gasteiger partial charge in [0.1, 0.15) is 0 Å². The van der Waals surface area contributed by atoms with Crippen LogP contribution in [0.15, 0.2) is 36.4 Å². The van der Waals surface area contributed by atoms with Crippen molar-refractivity contribution in [3.63, 3.8) is 0 Å². The van der Waals surface area contributed by atoms with Gasteiger partial charge in [0.05, 0.1) is 10.7 Å². The van der Waals surface area contributed by atoms with E-state index in [2.05, 4.69) is 34.9 Å². The number of Topliss-reactive ketones (excluding diaryl/α,β-unsaturated/α-hetero) is 1. The summed E-state index contributed by atoms with van der Waals surface area (Å²) >= 11 is 6.37. The van der Waals surface area contributed by atoms with Crippen molar-refractivity contribution >= 4 is 41.4 Å². The summed E-state index contributed by atoms with van der Waals surface area (Å²) in [5.41, 5.74) is 4.80. The number of nitrogens with one attached hydrogen (secondary N) is 2. The normalized spacial score (nSPS) is 17.6. The molecule has 1 amide bonds. The van der Waals surface area contributed by atoms with Gasteiger partial charge in [-0.05, 0) is 67.8 Å². The van der Waals surface area contributed by atoms with E-state index in [0.29, 0.717) is 30.1 Å². The molecular weight excluding hydrogens is 419 g/mol. The number of carbonyl (C=O) groups is 2. The van der Waals surface area contributed by atoms with Crippen molar-refractivity contribution in [3.05, 3.63) is 63.7 Å². The number of amides is 1. The molecule has 4 rings (SSSR count). The lowest BCUT2D eigenvalue weighted by Gasteiger charge is -2.29. The number of benzene rings is 2. The Morgan fingerprint density at radius 2 is 1.87 bits per heavy atom. The standard InChI is InChI=1S/C24H27ClN2O2.ClH/c25-20-14-17-9-10-18(15-26-13-5-4-8-16-6-2-1-3-7-16)24(29)22(17)19-11-12-21(28)27-23(19)20;/h1-3,6-7,14,18,26H,4-5,8-13,15H2,(H,27,28);1H. The number of anilines is 1. The van der Waals surface area contributed by atoms with Crippen LogP contribution in [0.4, 0.5) is 5.69 Å². The Hall–Kier alpha value is -1.88. The Bertz CT molecular complexity index is 915. The first-order valence-electron chi connectivity index (χ1n) is 10.6. The van der Waals surface area contributed by atoms with Gasteiger partial charge in [-0.3, -0.25) is 9.59 Å². The predicted octanol–water partition coefficient (Wildman–Crippen LogP) is 5.00. The van der Waals surface area contributed by atoms with Crippen LogP contribution in [-0.2, 0) is 24.1 Å². The van der Waals surface area contributed by atoms with E-state index in [1.165, 1.54) is 5.56 Å². The Morgan fingerprint density at radius 1 is 1.07 bits per heavy atom. The fourth-order valence-corrected chi connectivity index (χ4v) is 4.74. The van der Waals surface area contributed by atoms with Crippen LogP contribution in [0, 0.1) is 5.92 Å². The molecule has 2 aromatic rings. The van der Waals surface area contributed by atoms with E-state index < -0.39 is 0 Å². The molecule has 1 heterocycles. The van der Waals surface area contributed by atoms with Gasteiger partial charge < -0.3 is 10.6 Å². The van der Waals surface area contributed by atoms with Gasteiger partial charge in [-0.15, -0.1) is 12.4 Å². The third-order valence-corrected chi connectivity index (χ3v) is 6.31. The number of unbranched alkanes of at least 4 members (excludes halogenated alkanes) is 1. The van der Waals surface area contributed by atoms with Gasteiger partial charge in [-0.2, -0.15) is 0 Å². The second kappa shape index (κ2) is 10.4. The van der Waals surface area contributed by atoms with Crippen molar-refractivity contribution < 1.29 is 9.59 Å². The molecule has 0 aromatic heterocycles. The molecule has 2 aromatic carbocycles. The monoisotopic (exact) mass is 446 g/mol. The van der Waals surface area contributed by atoms with E-state index in [-0.39, 0.29) is 30.0 Å². The number of aryl methyl sites for hydroxylation is 2. The van der Waals surface area contributed by atoms with Gasteiger partial charge in [0, 0.05) is 24.4 Å². The van der Waals surface area contributed by atoms with Crippen LogP contribution in [0.25, 0.3) is 0 Å². The number of halogens is 2. The molecule has 4 nitrogen and oxygen atoms in total. The summed E-state index contributed by atoms with van der Waals surface area (Å²) in [4.78, 5) is 24.9. The fraction of sp³-hybridized carbons (Fsp3) is 0.417. The van der Waals surface area contributed by atoms with E-state index in [9.17, 15) is 9.59 Å². The van der Waals surface area contributed by atoms with Crippen molar-refractivity contribution in [2.24, 2.45) is 5.92 Å². The van der Waals surface area contributed by atoms with Crippen LogP contribution < -0.4 is 10.6 Å². The van der Waals surface area contributed by atoms with E-state index in [1.54, 1.807) is 0 Å². The largest absolute Gasteiger partial charge is 0.325 e. The highest BCUT2D eigenvalue weighted by Crippen LogP contribution is 2.39. The molecule has 0 radical (unpaired) electrons. The summed E-state index contributed by atoms with van der Waals surface area (Å²) in [5.74, 6) is 0.169. The summed E-state index contributed by atoms with van der Waals surface area (Å²) < 4.78 is 0. The molecular formula is C24H28Cl2N2O2. The van der Waals surface area contributed by atoms with E-state index in [1.807, 2.05) is 12.1 Å². The third kappa shape index (κ3) is 5.05. The minimum absolute atomic E-state index is 0. The molecule has 1 aliphatic carbocycles. The summed E-state index contributed by atoms with van der Waals surface area (Å²) in [6, 6.07) is 12.4. The van der Waals surface area contributed by atoms with Crippen molar-refractivity contribution in [1.82, 2.24) is 5.32 Å². The fourth-order valence-electron chi connectivity index (χ4n) is 4.45. The molecule has 0 spiro atoms. The molecule has 1 atom stereocenters. The van der Waals surface area contributed by atoms with Gasteiger partial charge in [0.25, 0.3) is 0 Å². The second-order valence-corrected chi connectivity index (χ2v) is 8.45. The van der Waals surface area contributed by atoms with Gasteiger partial charge in [-0.25, -0.2) is 0 Å². The van der Waals surface area contributed by atoms with Gasteiger partial charge in [0.2, 0.25) is 5.91 Å². The molecule has 30 heavy (non-hydrogen) atoms. The number of hydrogen-bond donors (Lipinski definition) is 2. The van der Waals surface area contributed by atoms with Crippen LogP contribution in [0.1, 0.15) is 52.7 Å². The minimum atomic E-state index is -0.0312. The van der Waals surface area contributed by atoms with Crippen LogP contribution >= 0.6 is 24.0 Å². The number of hydrogen-bond acceptors (Lipinski definition) is 3. The Balaban J connectivity index is 0.00000256. The SMILES string of the molecule is Cl.O=C1CCc2c(c(Cl)cc3c2C(=O)C(CNCCCCc2ccccc2)CC3)N1. The third-order valence-electron chi connectivity index (χ3n) is 6.01. The minimum Gasteiger partial charge on any atom is -0.325 e. The molecule has 0 bridgehead atoms. The van der Waals surface area contributed by atoms with E-state index >= 15 is 0 Å². The maximum absolute atomic E-state index is 13.2. The lowest BCUT2D eigenvalue weighted by molar-refractivity contribution is -0.116. The lowest BCUT2D eigenvalue weighted by Crippen LogP contribution is -2.34. The summed E-state index contributed by atoms with van der Waals surface area (Å²) in [6.07, 6.45) is 6.06. The molecule has 1 aliphatic heterocycles. The zero-order valence-electron chi connectivity index (χ0n) is 17.0. The maximum atomic E-state index is 13.2. The first-order valence-corrected chi connectivity index (χ1v) is 10.9. The summed E-state index contributed by atoms with van der Waals surface area (Å²) in [5, 5.41) is 6.89. The molecule has 2 aliphatic rings. The first-order chi connectivity index (χ1) is 14.1. The average molecular weight is 447 g/mol. The highest BCUT2D eigenvalue weighted by Gasteiger charge is 2.33. The smallest absolute Gasteiger partial charge is 0.224 e. The molecule has 0 saturated carbocycles. The van der Waals surface area contributed by atoms with Crippen LogP contribution in [0.3, 0.4) is 0 Å². The van der Waals surface area contributed by atoms with Crippen molar-refractivity contribution in [3.8, 4) is 0 Å². The van der Waals surface area contributed by atoms with Crippen LogP contribution in [0.5, 0.6) is 0 Å². The zero-order chi connectivity index (χ0) is 20.2. The summed E-state index contributed by atoms with van der Waals surface area (Å²) in [7, 11) is 0. The quantitative estimate of drug-likeness (QED) is 0.587. The van der Waals surface area contributed by atoms with Crippen molar-refractivity contribution in [2.75, 3.05) is 18.4 Å².